The maximum absolute atomic E-state index is 12.0. The molecule has 0 unspecified atom stereocenters. The number of nitrogens with zero attached hydrogens (tertiary/aromatic N) is 1. The number of ketones is 2. The first-order valence-electron chi connectivity index (χ1n) is 4.74. The van der Waals surface area contributed by atoms with Crippen molar-refractivity contribution < 1.29 is 18.0 Å². The van der Waals surface area contributed by atoms with Crippen LogP contribution in [0.25, 0.3) is 0 Å². The molecule has 0 spiro atoms. The highest BCUT2D eigenvalue weighted by molar-refractivity contribution is 8.11. The minimum absolute atomic E-state index is 0.0860. The maximum Gasteiger partial charge on any atom is 0.224 e. The van der Waals surface area contributed by atoms with E-state index in [-0.39, 0.29) is 16.8 Å². The van der Waals surface area contributed by atoms with Gasteiger partial charge < -0.3 is 0 Å². The number of aliphatic imine (C=N–C) groups is 1. The summed E-state index contributed by atoms with van der Waals surface area (Å²) in [6.07, 6.45) is 0. The summed E-state index contributed by atoms with van der Waals surface area (Å²) in [5.74, 6) is -1.26. The molecule has 0 saturated heterocycles. The van der Waals surface area contributed by atoms with Gasteiger partial charge in [-0.3, -0.25) is 9.59 Å². The SMILES string of the molecule is O=C1C2=CS(=O)(=O)C(=N2)C(=O)c2ccccc21. The molecule has 2 aliphatic rings. The first-order valence-corrected chi connectivity index (χ1v) is 6.29. The topological polar surface area (TPSA) is 80.6 Å². The van der Waals surface area contributed by atoms with Gasteiger partial charge in [-0.15, -0.1) is 0 Å². The minimum Gasteiger partial charge on any atom is -0.287 e. The van der Waals surface area contributed by atoms with Gasteiger partial charge in [0.25, 0.3) is 0 Å². The molecule has 0 atom stereocenters. The van der Waals surface area contributed by atoms with Crippen LogP contribution < -0.4 is 0 Å². The summed E-state index contributed by atoms with van der Waals surface area (Å²) in [4.78, 5) is 27.5. The Labute approximate surface area is 96.4 Å². The number of fused-ring (bicyclic) bond motifs is 2. The average Bonchev–Trinajstić information content (AvgIpc) is 2.58. The van der Waals surface area contributed by atoms with Gasteiger partial charge in [-0.25, -0.2) is 13.4 Å². The molecule has 0 N–H and O–H groups in total. The Morgan fingerprint density at radius 3 is 2.18 bits per heavy atom. The number of sulfone groups is 1. The van der Waals surface area contributed by atoms with Crippen LogP contribution in [0.15, 0.2) is 40.4 Å². The van der Waals surface area contributed by atoms with Gasteiger partial charge in [0, 0.05) is 11.1 Å². The number of rotatable bonds is 0. The Morgan fingerprint density at radius 1 is 0.941 bits per heavy atom. The molecule has 84 valence electrons. The van der Waals surface area contributed by atoms with Crippen LogP contribution in [0.3, 0.4) is 0 Å². The molecule has 3 rings (SSSR count). The second-order valence-corrected chi connectivity index (χ2v) is 5.38. The molecule has 0 amide bonds. The van der Waals surface area contributed by atoms with Gasteiger partial charge in [-0.1, -0.05) is 24.3 Å². The predicted octanol–water partition coefficient (Wildman–Crippen LogP) is 0.734. The van der Waals surface area contributed by atoms with E-state index in [0.29, 0.717) is 0 Å². The van der Waals surface area contributed by atoms with E-state index in [9.17, 15) is 18.0 Å². The highest BCUT2D eigenvalue weighted by Crippen LogP contribution is 2.27. The molecule has 17 heavy (non-hydrogen) atoms. The van der Waals surface area contributed by atoms with E-state index in [4.69, 9.17) is 0 Å². The number of allylic oxidation sites excluding steroid dienone is 1. The summed E-state index contributed by atoms with van der Waals surface area (Å²) >= 11 is 0. The van der Waals surface area contributed by atoms with Gasteiger partial charge in [0.15, 0.2) is 0 Å². The Bertz CT molecular complexity index is 740. The third kappa shape index (κ3) is 1.24. The van der Waals surface area contributed by atoms with Crippen molar-refractivity contribution in [1.29, 1.82) is 0 Å². The van der Waals surface area contributed by atoms with Gasteiger partial charge in [0.1, 0.15) is 5.70 Å². The van der Waals surface area contributed by atoms with Crippen molar-refractivity contribution in [2.24, 2.45) is 4.99 Å². The second-order valence-electron chi connectivity index (χ2n) is 3.67. The molecular formula is C11H5NO4S. The van der Waals surface area contributed by atoms with Crippen LogP contribution >= 0.6 is 0 Å². The van der Waals surface area contributed by atoms with E-state index in [1.165, 1.54) is 12.1 Å². The minimum atomic E-state index is -3.85. The molecule has 6 heteroatoms. The van der Waals surface area contributed by atoms with Gasteiger partial charge >= 0.3 is 0 Å². The fourth-order valence-corrected chi connectivity index (χ4v) is 2.98. The van der Waals surface area contributed by atoms with E-state index < -0.39 is 26.4 Å². The van der Waals surface area contributed by atoms with Crippen molar-refractivity contribution >= 4 is 26.4 Å². The van der Waals surface area contributed by atoms with E-state index in [0.717, 1.165) is 5.41 Å². The molecule has 2 heterocycles. The van der Waals surface area contributed by atoms with Gasteiger partial charge in [-0.2, -0.15) is 0 Å². The zero-order chi connectivity index (χ0) is 12.2. The van der Waals surface area contributed by atoms with Crippen molar-refractivity contribution in [2.75, 3.05) is 0 Å². The van der Waals surface area contributed by atoms with Gasteiger partial charge in [0.05, 0.1) is 5.41 Å². The maximum atomic E-state index is 12.0. The molecule has 1 aromatic carbocycles. The zero-order valence-corrected chi connectivity index (χ0v) is 9.19. The molecular weight excluding hydrogens is 242 g/mol. The van der Waals surface area contributed by atoms with Crippen LogP contribution in [0.4, 0.5) is 0 Å². The van der Waals surface area contributed by atoms with Crippen LogP contribution in [0.2, 0.25) is 0 Å². The van der Waals surface area contributed by atoms with Crippen molar-refractivity contribution in [2.45, 2.75) is 0 Å². The highest BCUT2D eigenvalue weighted by atomic mass is 32.2. The van der Waals surface area contributed by atoms with Crippen LogP contribution in [-0.4, -0.2) is 25.0 Å². The first-order chi connectivity index (χ1) is 8.00. The van der Waals surface area contributed by atoms with Gasteiger partial charge in [0.2, 0.25) is 26.4 Å². The number of Topliss-reactive ketones (excluding diaryl/α,β-unsaturated/α-hetero) is 2. The largest absolute Gasteiger partial charge is 0.287 e. The lowest BCUT2D eigenvalue weighted by atomic mass is 10.0. The summed E-state index contributed by atoms with van der Waals surface area (Å²) < 4.78 is 23.2. The van der Waals surface area contributed by atoms with Crippen molar-refractivity contribution in [1.82, 2.24) is 0 Å². The van der Waals surface area contributed by atoms with Gasteiger partial charge in [-0.05, 0) is 0 Å². The lowest BCUT2D eigenvalue weighted by molar-refractivity contribution is 0.102. The lowest BCUT2D eigenvalue weighted by Gasteiger charge is -2.05. The second kappa shape index (κ2) is 2.98. The summed E-state index contributed by atoms with van der Waals surface area (Å²) in [7, 11) is -3.85. The van der Waals surface area contributed by atoms with Crippen LogP contribution in [-0.2, 0) is 9.84 Å². The number of hydrogen-bond donors (Lipinski definition) is 0. The molecule has 0 fully saturated rings. The number of benzene rings is 1. The van der Waals surface area contributed by atoms with E-state index in [1.807, 2.05) is 0 Å². The lowest BCUT2D eigenvalue weighted by Crippen LogP contribution is -2.22. The molecule has 0 aliphatic carbocycles. The van der Waals surface area contributed by atoms with E-state index in [1.54, 1.807) is 12.1 Å². The average molecular weight is 247 g/mol. The fourth-order valence-electron chi connectivity index (χ4n) is 1.82. The normalized spacial score (nSPS) is 20.5. The predicted molar refractivity (Wildman–Crippen MR) is 59.5 cm³/mol. The monoisotopic (exact) mass is 247 g/mol. The molecule has 1 aromatic rings. The zero-order valence-electron chi connectivity index (χ0n) is 8.38. The smallest absolute Gasteiger partial charge is 0.224 e. The Morgan fingerprint density at radius 2 is 1.53 bits per heavy atom. The number of carbonyl (C=O) groups is 2. The Hall–Kier alpha value is -2.08. The molecule has 2 aliphatic heterocycles. The molecule has 0 aromatic heterocycles. The molecule has 0 saturated carbocycles. The van der Waals surface area contributed by atoms with Crippen molar-refractivity contribution in [3.63, 3.8) is 0 Å². The first kappa shape index (κ1) is 10.1. The third-order valence-corrected chi connectivity index (χ3v) is 3.95. The number of carbonyl (C=O) groups excluding carboxylic acids is 2. The summed E-state index contributed by atoms with van der Waals surface area (Å²) in [6, 6.07) is 6.10. The number of hydrogen-bond acceptors (Lipinski definition) is 5. The summed E-state index contributed by atoms with van der Waals surface area (Å²) in [5.41, 5.74) is 0.0821. The van der Waals surface area contributed by atoms with E-state index >= 15 is 0 Å². The van der Waals surface area contributed by atoms with Crippen molar-refractivity contribution in [3.8, 4) is 0 Å². The Kier molecular flexibility index (Phi) is 1.77. The molecule has 5 nitrogen and oxygen atoms in total. The van der Waals surface area contributed by atoms with Crippen LogP contribution in [0.1, 0.15) is 20.7 Å². The van der Waals surface area contributed by atoms with E-state index in [2.05, 4.69) is 4.99 Å². The van der Waals surface area contributed by atoms with Crippen LogP contribution in [0.5, 0.6) is 0 Å². The quantitative estimate of drug-likeness (QED) is 0.677. The van der Waals surface area contributed by atoms with Crippen molar-refractivity contribution in [3.05, 3.63) is 46.5 Å². The standard InChI is InChI=1S/C11H5NO4S/c13-9-6-3-1-2-4-7(6)10(14)11-12-8(9)5-17(11,15)16/h1-5H. The molecule has 2 bridgehead atoms. The fraction of sp³-hybridized carbons (Fsp3) is 0. The highest BCUT2D eigenvalue weighted by Gasteiger charge is 2.39. The summed E-state index contributed by atoms with van der Waals surface area (Å²) in [6.45, 7) is 0. The third-order valence-electron chi connectivity index (χ3n) is 2.60. The molecule has 0 radical (unpaired) electrons. The Balaban J connectivity index is 2.40. The summed E-state index contributed by atoms with van der Waals surface area (Å²) in [5, 5.41) is 0.184. The van der Waals surface area contributed by atoms with Crippen LogP contribution in [0, 0.1) is 0 Å².